The van der Waals surface area contributed by atoms with Crippen molar-refractivity contribution in [2.24, 2.45) is 0 Å². The lowest BCUT2D eigenvalue weighted by molar-refractivity contribution is 0.0617. The Hall–Kier alpha value is -1.46. The van der Waals surface area contributed by atoms with Gasteiger partial charge >= 0.3 is 0 Å². The monoisotopic (exact) mass is 335 g/mol. The number of hydrogen-bond acceptors (Lipinski definition) is 5. The van der Waals surface area contributed by atoms with E-state index in [0.717, 1.165) is 39.1 Å². The third kappa shape index (κ3) is 3.72. The zero-order chi connectivity index (χ0) is 16.3. The van der Waals surface area contributed by atoms with Crippen molar-refractivity contribution in [1.82, 2.24) is 9.21 Å². The summed E-state index contributed by atoms with van der Waals surface area (Å²) in [5, 5.41) is 8.80. The molecule has 2 saturated heterocycles. The third-order valence-corrected chi connectivity index (χ3v) is 6.35. The Morgan fingerprint density at radius 1 is 1.17 bits per heavy atom. The van der Waals surface area contributed by atoms with Crippen LogP contribution in [0.1, 0.15) is 18.4 Å². The minimum atomic E-state index is -3.47. The highest BCUT2D eigenvalue weighted by Crippen LogP contribution is 2.19. The average molecular weight is 335 g/mol. The molecule has 3 rings (SSSR count). The van der Waals surface area contributed by atoms with Crippen molar-refractivity contribution in [2.45, 2.75) is 23.8 Å². The second kappa shape index (κ2) is 6.97. The van der Waals surface area contributed by atoms with Crippen LogP contribution in [-0.2, 0) is 14.8 Å². The normalized spacial score (nSPS) is 23.7. The number of ether oxygens (including phenoxy) is 1. The molecule has 2 fully saturated rings. The van der Waals surface area contributed by atoms with Crippen molar-refractivity contribution in [3.05, 3.63) is 29.8 Å². The first-order valence-corrected chi connectivity index (χ1v) is 9.38. The van der Waals surface area contributed by atoms with Gasteiger partial charge in [-0.2, -0.15) is 9.57 Å². The van der Waals surface area contributed by atoms with E-state index < -0.39 is 10.0 Å². The van der Waals surface area contributed by atoms with Crippen LogP contribution in [0.5, 0.6) is 0 Å². The van der Waals surface area contributed by atoms with Crippen LogP contribution >= 0.6 is 0 Å². The van der Waals surface area contributed by atoms with Gasteiger partial charge in [-0.15, -0.1) is 0 Å². The smallest absolute Gasteiger partial charge is 0.243 e. The molecule has 0 N–H and O–H groups in total. The van der Waals surface area contributed by atoms with E-state index in [0.29, 0.717) is 24.8 Å². The fourth-order valence-electron chi connectivity index (χ4n) is 3.08. The predicted molar refractivity (Wildman–Crippen MR) is 85.3 cm³/mol. The van der Waals surface area contributed by atoms with Gasteiger partial charge in [-0.3, -0.25) is 4.90 Å². The highest BCUT2D eigenvalue weighted by molar-refractivity contribution is 7.89. The SMILES string of the molecule is N#Cc1ccc(S(=O)(=O)N2CCN(C[C@H]3CCCO3)CC2)cc1. The Kier molecular flexibility index (Phi) is 4.97. The summed E-state index contributed by atoms with van der Waals surface area (Å²) >= 11 is 0. The molecule has 1 aromatic rings. The second-order valence-electron chi connectivity index (χ2n) is 5.98. The van der Waals surface area contributed by atoms with Gasteiger partial charge < -0.3 is 4.74 Å². The van der Waals surface area contributed by atoms with Crippen LogP contribution in [0, 0.1) is 11.3 Å². The van der Waals surface area contributed by atoms with Crippen LogP contribution in [0.4, 0.5) is 0 Å². The van der Waals surface area contributed by atoms with Crippen molar-refractivity contribution < 1.29 is 13.2 Å². The van der Waals surface area contributed by atoms with Gasteiger partial charge in [0.1, 0.15) is 0 Å². The van der Waals surface area contributed by atoms with Crippen molar-refractivity contribution in [3.8, 4) is 6.07 Å². The number of sulfonamides is 1. The molecule has 0 amide bonds. The molecule has 0 aromatic heterocycles. The molecule has 0 spiro atoms. The lowest BCUT2D eigenvalue weighted by atomic mass is 10.2. The van der Waals surface area contributed by atoms with E-state index >= 15 is 0 Å². The van der Waals surface area contributed by atoms with Crippen LogP contribution in [0.15, 0.2) is 29.2 Å². The van der Waals surface area contributed by atoms with Crippen LogP contribution < -0.4 is 0 Å². The van der Waals surface area contributed by atoms with Gasteiger partial charge in [0.2, 0.25) is 10.0 Å². The maximum Gasteiger partial charge on any atom is 0.243 e. The molecule has 2 heterocycles. The Morgan fingerprint density at radius 2 is 1.87 bits per heavy atom. The first-order valence-electron chi connectivity index (χ1n) is 7.94. The van der Waals surface area contributed by atoms with Gasteiger partial charge in [-0.05, 0) is 37.1 Å². The maximum absolute atomic E-state index is 12.6. The molecule has 0 unspecified atom stereocenters. The van der Waals surface area contributed by atoms with Crippen molar-refractivity contribution in [1.29, 1.82) is 5.26 Å². The number of nitriles is 1. The van der Waals surface area contributed by atoms with E-state index in [9.17, 15) is 8.42 Å². The predicted octanol–water partition coefficient (Wildman–Crippen LogP) is 1.04. The third-order valence-electron chi connectivity index (χ3n) is 4.44. The Labute approximate surface area is 137 Å². The zero-order valence-corrected chi connectivity index (χ0v) is 13.8. The fourth-order valence-corrected chi connectivity index (χ4v) is 4.50. The molecule has 2 aliphatic heterocycles. The molecular formula is C16H21N3O3S. The molecule has 0 radical (unpaired) electrons. The van der Waals surface area contributed by atoms with Crippen LogP contribution in [0.2, 0.25) is 0 Å². The van der Waals surface area contributed by atoms with E-state index in [1.54, 1.807) is 12.1 Å². The lowest BCUT2D eigenvalue weighted by Crippen LogP contribution is -2.50. The number of rotatable bonds is 4. The van der Waals surface area contributed by atoms with E-state index in [4.69, 9.17) is 10.00 Å². The van der Waals surface area contributed by atoms with E-state index in [1.165, 1.54) is 16.4 Å². The van der Waals surface area contributed by atoms with Gasteiger partial charge in [0, 0.05) is 39.3 Å². The Morgan fingerprint density at radius 3 is 2.43 bits per heavy atom. The standard InChI is InChI=1S/C16H21N3O3S/c17-12-14-3-5-16(6-4-14)23(20,21)19-9-7-18(8-10-19)13-15-2-1-11-22-15/h3-6,15H,1-2,7-11,13H2/t15-/m1/s1. The summed E-state index contributed by atoms with van der Waals surface area (Å²) in [4.78, 5) is 2.53. The number of hydrogen-bond donors (Lipinski definition) is 0. The highest BCUT2D eigenvalue weighted by atomic mass is 32.2. The summed E-state index contributed by atoms with van der Waals surface area (Å²) in [7, 11) is -3.47. The molecule has 1 atom stereocenters. The average Bonchev–Trinajstić information content (AvgIpc) is 3.08. The van der Waals surface area contributed by atoms with Gasteiger partial charge in [0.05, 0.1) is 22.6 Å². The lowest BCUT2D eigenvalue weighted by Gasteiger charge is -2.35. The summed E-state index contributed by atoms with van der Waals surface area (Å²) in [6.07, 6.45) is 2.53. The van der Waals surface area contributed by atoms with Crippen molar-refractivity contribution in [2.75, 3.05) is 39.3 Å². The van der Waals surface area contributed by atoms with Crippen LogP contribution in [-0.4, -0.2) is 63.1 Å². The first kappa shape index (κ1) is 16.4. The van der Waals surface area contributed by atoms with Crippen molar-refractivity contribution >= 4 is 10.0 Å². The van der Waals surface area contributed by atoms with Gasteiger partial charge in [-0.25, -0.2) is 8.42 Å². The van der Waals surface area contributed by atoms with Crippen LogP contribution in [0.3, 0.4) is 0 Å². The number of benzene rings is 1. The molecule has 2 aliphatic rings. The Bertz CT molecular complexity index is 668. The molecule has 1 aromatic carbocycles. The number of nitrogens with zero attached hydrogens (tertiary/aromatic N) is 3. The summed E-state index contributed by atoms with van der Waals surface area (Å²) in [6, 6.07) is 8.10. The zero-order valence-electron chi connectivity index (χ0n) is 13.0. The Balaban J connectivity index is 1.60. The first-order chi connectivity index (χ1) is 11.1. The fraction of sp³-hybridized carbons (Fsp3) is 0.562. The topological polar surface area (TPSA) is 73.6 Å². The van der Waals surface area contributed by atoms with Gasteiger partial charge in [0.25, 0.3) is 0 Å². The molecular weight excluding hydrogens is 314 g/mol. The summed E-state index contributed by atoms with van der Waals surface area (Å²) in [6.45, 7) is 4.19. The van der Waals surface area contributed by atoms with Gasteiger partial charge in [-0.1, -0.05) is 0 Å². The largest absolute Gasteiger partial charge is 0.377 e. The molecule has 0 saturated carbocycles. The summed E-state index contributed by atoms with van der Waals surface area (Å²) in [5.74, 6) is 0. The molecule has 0 aliphatic carbocycles. The molecule has 23 heavy (non-hydrogen) atoms. The molecule has 124 valence electrons. The molecule has 0 bridgehead atoms. The minimum Gasteiger partial charge on any atom is -0.377 e. The maximum atomic E-state index is 12.6. The number of piperazine rings is 1. The second-order valence-corrected chi connectivity index (χ2v) is 7.91. The van der Waals surface area contributed by atoms with Crippen LogP contribution in [0.25, 0.3) is 0 Å². The van der Waals surface area contributed by atoms with E-state index in [2.05, 4.69) is 4.90 Å². The molecule has 7 heteroatoms. The minimum absolute atomic E-state index is 0.254. The highest BCUT2D eigenvalue weighted by Gasteiger charge is 2.29. The van der Waals surface area contributed by atoms with E-state index in [-0.39, 0.29) is 4.90 Å². The molecule has 6 nitrogen and oxygen atoms in total. The van der Waals surface area contributed by atoms with Crippen molar-refractivity contribution in [3.63, 3.8) is 0 Å². The quantitative estimate of drug-likeness (QED) is 0.822. The summed E-state index contributed by atoms with van der Waals surface area (Å²) in [5.41, 5.74) is 0.463. The van der Waals surface area contributed by atoms with E-state index in [1.807, 2.05) is 6.07 Å². The van der Waals surface area contributed by atoms with Gasteiger partial charge in [0.15, 0.2) is 0 Å². The summed E-state index contributed by atoms with van der Waals surface area (Å²) < 4.78 is 32.4.